The third-order valence-corrected chi connectivity index (χ3v) is 11.8. The van der Waals surface area contributed by atoms with Gasteiger partial charge in [-0.2, -0.15) is 0 Å². The van der Waals surface area contributed by atoms with Crippen LogP contribution >= 0.6 is 0 Å². The number of nitrogens with one attached hydrogen (secondary N) is 4. The lowest BCUT2D eigenvalue weighted by Crippen LogP contribution is -2.64. The van der Waals surface area contributed by atoms with Gasteiger partial charge in [-0.05, 0) is 87.4 Å². The van der Waals surface area contributed by atoms with Gasteiger partial charge in [0, 0.05) is 43.7 Å². The number of hydrogen-bond acceptors (Lipinski definition) is 9. The first-order chi connectivity index (χ1) is 19.3. The summed E-state index contributed by atoms with van der Waals surface area (Å²) in [5.41, 5.74) is 10.7. The van der Waals surface area contributed by atoms with Gasteiger partial charge in [-0.3, -0.25) is 15.5 Å². The number of nitrogens with zero attached hydrogens (tertiary/aromatic N) is 2. The molecule has 3 aliphatic carbocycles. The third kappa shape index (κ3) is 4.85. The Morgan fingerprint density at radius 3 is 2.62 bits per heavy atom. The minimum absolute atomic E-state index is 0.00136. The van der Waals surface area contributed by atoms with E-state index in [1.807, 2.05) is 0 Å². The molecule has 6 aliphatic rings. The smallest absolute Gasteiger partial charge is 0.0964 e. The number of fused-ring (bicyclic) bond motifs is 2. The van der Waals surface area contributed by atoms with Gasteiger partial charge in [-0.15, -0.1) is 0 Å². The highest BCUT2D eigenvalue weighted by molar-refractivity contribution is 5.75. The van der Waals surface area contributed by atoms with E-state index in [1.165, 1.54) is 55.5 Å². The van der Waals surface area contributed by atoms with Crippen molar-refractivity contribution in [2.75, 3.05) is 37.4 Å². The van der Waals surface area contributed by atoms with Crippen LogP contribution in [0.15, 0.2) is 18.2 Å². The Kier molecular flexibility index (Phi) is 7.30. The molecule has 0 aromatic heterocycles. The van der Waals surface area contributed by atoms with Crippen LogP contribution < -0.4 is 27.0 Å². The molecule has 0 bridgehead atoms. The van der Waals surface area contributed by atoms with E-state index in [4.69, 9.17) is 5.73 Å². The summed E-state index contributed by atoms with van der Waals surface area (Å²) in [5, 5.41) is 36.3. The number of aliphatic hydroxyl groups is 2. The first-order valence-corrected chi connectivity index (χ1v) is 16.0. The van der Waals surface area contributed by atoms with E-state index in [0.29, 0.717) is 30.2 Å². The molecular weight excluding hydrogens is 502 g/mol. The summed E-state index contributed by atoms with van der Waals surface area (Å²) in [6.45, 7) is 4.88. The Morgan fingerprint density at radius 2 is 1.85 bits per heavy atom. The van der Waals surface area contributed by atoms with Crippen LogP contribution in [0.5, 0.6) is 0 Å². The molecule has 4 unspecified atom stereocenters. The zero-order valence-corrected chi connectivity index (χ0v) is 24.4. The molecule has 8 atom stereocenters. The van der Waals surface area contributed by atoms with Crippen LogP contribution in [0.2, 0.25) is 0 Å². The van der Waals surface area contributed by atoms with E-state index in [-0.39, 0.29) is 24.3 Å². The maximum atomic E-state index is 11.0. The quantitative estimate of drug-likeness (QED) is 0.259. The maximum absolute atomic E-state index is 11.0. The van der Waals surface area contributed by atoms with Gasteiger partial charge < -0.3 is 31.5 Å². The molecule has 0 spiro atoms. The van der Waals surface area contributed by atoms with E-state index >= 15 is 0 Å². The molecule has 3 heterocycles. The van der Waals surface area contributed by atoms with Crippen molar-refractivity contribution in [2.45, 2.75) is 113 Å². The summed E-state index contributed by atoms with van der Waals surface area (Å²) in [7, 11) is 2.21. The van der Waals surface area contributed by atoms with Crippen LogP contribution in [0, 0.1) is 17.8 Å². The van der Waals surface area contributed by atoms with Gasteiger partial charge in [0.1, 0.15) is 0 Å². The number of anilines is 2. The lowest BCUT2D eigenvalue weighted by Gasteiger charge is -2.43. The first kappa shape index (κ1) is 27.4. The van der Waals surface area contributed by atoms with Crippen molar-refractivity contribution in [1.82, 2.24) is 20.4 Å². The zero-order valence-electron chi connectivity index (χ0n) is 24.4. The molecule has 7 rings (SSSR count). The van der Waals surface area contributed by atoms with Crippen molar-refractivity contribution in [3.8, 4) is 0 Å². The Bertz CT molecular complexity index is 1060. The number of benzene rings is 1. The number of nitrogens with two attached hydrogens (primary N) is 1. The Hall–Kier alpha value is -1.46. The lowest BCUT2D eigenvalue weighted by molar-refractivity contribution is -0.0279. The monoisotopic (exact) mass is 553 g/mol. The molecule has 0 radical (unpaired) electrons. The van der Waals surface area contributed by atoms with Crippen molar-refractivity contribution in [2.24, 2.45) is 23.5 Å². The molecule has 5 fully saturated rings. The summed E-state index contributed by atoms with van der Waals surface area (Å²) < 4.78 is 0. The molecule has 40 heavy (non-hydrogen) atoms. The summed E-state index contributed by atoms with van der Waals surface area (Å²) >= 11 is 0. The second-order valence-corrected chi connectivity index (χ2v) is 14.3. The number of hydrogen-bond donors (Lipinski definition) is 7. The Morgan fingerprint density at radius 1 is 1.05 bits per heavy atom. The lowest BCUT2D eigenvalue weighted by atomic mass is 9.66. The fourth-order valence-corrected chi connectivity index (χ4v) is 8.83. The van der Waals surface area contributed by atoms with Gasteiger partial charge in [0.25, 0.3) is 0 Å². The predicted octanol–water partition coefficient (Wildman–Crippen LogP) is 1.98. The topological polar surface area (TPSA) is 121 Å². The highest BCUT2D eigenvalue weighted by atomic mass is 16.3. The van der Waals surface area contributed by atoms with Crippen LogP contribution in [0.4, 0.5) is 11.4 Å². The number of rotatable bonds is 8. The highest BCUT2D eigenvalue weighted by Gasteiger charge is 2.51. The Labute approximate surface area is 239 Å². The van der Waals surface area contributed by atoms with Crippen molar-refractivity contribution in [1.29, 1.82) is 0 Å². The minimum Gasteiger partial charge on any atom is -0.390 e. The SMILES string of the molecule is CN(C[C@H]1C[C@H](N2CCC3C(N)NCNC32)[C@@H](O)[C@H]1O)C1CC(CCC2Nc3ccc(C4(C)CCC4)cc3N2)C1. The molecule has 3 aliphatic heterocycles. The second kappa shape index (κ2) is 10.7. The number of aliphatic hydroxyl groups excluding tert-OH is 2. The summed E-state index contributed by atoms with van der Waals surface area (Å²) in [5.74, 6) is 1.23. The average molecular weight is 554 g/mol. The van der Waals surface area contributed by atoms with Gasteiger partial charge in [-0.1, -0.05) is 19.4 Å². The molecular formula is C31H51N7O2. The van der Waals surface area contributed by atoms with Crippen molar-refractivity contribution < 1.29 is 10.2 Å². The maximum Gasteiger partial charge on any atom is 0.0964 e. The van der Waals surface area contributed by atoms with E-state index in [2.05, 4.69) is 63.2 Å². The fourth-order valence-electron chi connectivity index (χ4n) is 8.83. The van der Waals surface area contributed by atoms with E-state index in [9.17, 15) is 10.2 Å². The van der Waals surface area contributed by atoms with E-state index < -0.39 is 12.2 Å². The number of likely N-dealkylation sites (tertiary alicyclic amines) is 1. The molecule has 222 valence electrons. The standard InChI is InChI=1S/C31H51N7O2/c1-31(9-3-10-31)20-5-6-23-24(15-20)36-26(35-23)7-4-18-12-21(13-18)37(2)16-19-14-25(28(40)27(19)39)38-11-8-22-29(32)33-17-34-30(22)38/h5-6,15,18-19,21-22,25-30,33-36,39-40H,3-4,7-14,16-17,32H2,1-2H3/t18?,19-,21?,22?,25+,26?,27+,28-,29?,30?/m1/s1. The Balaban J connectivity index is 0.854. The molecule has 3 saturated carbocycles. The largest absolute Gasteiger partial charge is 0.390 e. The minimum atomic E-state index is -0.692. The summed E-state index contributed by atoms with van der Waals surface area (Å²) in [6.07, 6.45) is 9.86. The predicted molar refractivity (Wildman–Crippen MR) is 159 cm³/mol. The first-order valence-electron chi connectivity index (χ1n) is 16.0. The third-order valence-electron chi connectivity index (χ3n) is 11.8. The second-order valence-electron chi connectivity index (χ2n) is 14.3. The van der Waals surface area contributed by atoms with Gasteiger partial charge in [-0.25, -0.2) is 0 Å². The van der Waals surface area contributed by atoms with Crippen molar-refractivity contribution in [3.63, 3.8) is 0 Å². The molecule has 8 N–H and O–H groups in total. The normalized spacial score (nSPS) is 42.0. The van der Waals surface area contributed by atoms with Crippen molar-refractivity contribution >= 4 is 11.4 Å². The van der Waals surface area contributed by atoms with Crippen molar-refractivity contribution in [3.05, 3.63) is 23.8 Å². The van der Waals surface area contributed by atoms with E-state index in [1.54, 1.807) is 0 Å². The van der Waals surface area contributed by atoms with E-state index in [0.717, 1.165) is 38.3 Å². The molecule has 9 nitrogen and oxygen atoms in total. The molecule has 9 heteroatoms. The van der Waals surface area contributed by atoms with Crippen LogP contribution in [0.1, 0.15) is 70.3 Å². The van der Waals surface area contributed by atoms with Gasteiger partial charge >= 0.3 is 0 Å². The molecule has 2 saturated heterocycles. The molecule has 1 aromatic rings. The van der Waals surface area contributed by atoms with Gasteiger partial charge in [0.15, 0.2) is 0 Å². The average Bonchev–Trinajstić information content (AvgIpc) is 3.58. The highest BCUT2D eigenvalue weighted by Crippen LogP contribution is 2.46. The molecule has 1 aromatic carbocycles. The van der Waals surface area contributed by atoms with Crippen LogP contribution in [-0.2, 0) is 5.41 Å². The zero-order chi connectivity index (χ0) is 27.6. The fraction of sp³-hybridized carbons (Fsp3) is 0.806. The van der Waals surface area contributed by atoms with Gasteiger partial charge in [0.05, 0.1) is 42.1 Å². The summed E-state index contributed by atoms with van der Waals surface area (Å²) in [4.78, 5) is 4.84. The molecule has 0 amide bonds. The van der Waals surface area contributed by atoms with Crippen LogP contribution in [0.3, 0.4) is 0 Å². The summed E-state index contributed by atoms with van der Waals surface area (Å²) in [6, 6.07) is 7.56. The van der Waals surface area contributed by atoms with Crippen LogP contribution in [-0.4, -0.2) is 89.6 Å². The van der Waals surface area contributed by atoms with Gasteiger partial charge in [0.2, 0.25) is 0 Å². The van der Waals surface area contributed by atoms with Crippen LogP contribution in [0.25, 0.3) is 0 Å².